The number of aryl methyl sites for hydroxylation is 1. The Morgan fingerprint density at radius 2 is 2.20 bits per heavy atom. The highest BCUT2D eigenvalue weighted by molar-refractivity contribution is 5.01. The first-order valence-electron chi connectivity index (χ1n) is 4.96. The third-order valence-corrected chi connectivity index (χ3v) is 2.21. The van der Waals surface area contributed by atoms with Gasteiger partial charge in [0.2, 0.25) is 6.29 Å². The molecule has 1 aliphatic rings. The SMILES string of the molecule is OCc1cnn(CCCC2OC=CO2)c1. The maximum Gasteiger partial charge on any atom is 0.239 e. The topological polar surface area (TPSA) is 56.5 Å². The van der Waals surface area contributed by atoms with Crippen LogP contribution in [0.1, 0.15) is 18.4 Å². The Bertz CT molecular complexity index is 327. The quantitative estimate of drug-likeness (QED) is 0.787. The Morgan fingerprint density at radius 3 is 2.87 bits per heavy atom. The number of aliphatic hydroxyl groups excluding tert-OH is 1. The largest absolute Gasteiger partial charge is 0.459 e. The number of aliphatic hydroxyl groups is 1. The molecule has 15 heavy (non-hydrogen) atoms. The first kappa shape index (κ1) is 10.0. The van der Waals surface area contributed by atoms with Crippen molar-refractivity contribution < 1.29 is 14.6 Å². The van der Waals surface area contributed by atoms with Gasteiger partial charge in [-0.25, -0.2) is 0 Å². The summed E-state index contributed by atoms with van der Waals surface area (Å²) in [4.78, 5) is 0. The summed E-state index contributed by atoms with van der Waals surface area (Å²) in [6.07, 6.45) is 8.25. The Labute approximate surface area is 87.9 Å². The fourth-order valence-corrected chi connectivity index (χ4v) is 1.44. The van der Waals surface area contributed by atoms with E-state index in [1.807, 2.05) is 10.9 Å². The van der Waals surface area contributed by atoms with Crippen LogP contribution in [-0.2, 0) is 22.6 Å². The molecular weight excluding hydrogens is 196 g/mol. The van der Waals surface area contributed by atoms with E-state index in [0.29, 0.717) is 0 Å². The van der Waals surface area contributed by atoms with Gasteiger partial charge < -0.3 is 14.6 Å². The van der Waals surface area contributed by atoms with E-state index in [4.69, 9.17) is 14.6 Å². The van der Waals surface area contributed by atoms with Crippen LogP contribution in [0, 0.1) is 0 Å². The molecule has 1 aromatic heterocycles. The number of hydrogen-bond donors (Lipinski definition) is 1. The average Bonchev–Trinajstić information content (AvgIpc) is 2.88. The van der Waals surface area contributed by atoms with Gasteiger partial charge in [0.15, 0.2) is 0 Å². The minimum absolute atomic E-state index is 0.0404. The lowest BCUT2D eigenvalue weighted by Crippen LogP contribution is -2.09. The van der Waals surface area contributed by atoms with Crippen molar-refractivity contribution in [3.63, 3.8) is 0 Å². The summed E-state index contributed by atoms with van der Waals surface area (Å²) in [6, 6.07) is 0. The van der Waals surface area contributed by atoms with Gasteiger partial charge in [0, 0.05) is 24.7 Å². The first-order valence-corrected chi connectivity index (χ1v) is 4.96. The summed E-state index contributed by atoms with van der Waals surface area (Å²) < 4.78 is 12.1. The molecule has 1 aromatic rings. The van der Waals surface area contributed by atoms with Gasteiger partial charge >= 0.3 is 0 Å². The molecule has 0 aliphatic carbocycles. The maximum absolute atomic E-state index is 8.85. The molecule has 1 aliphatic heterocycles. The normalized spacial score (nSPS) is 15.3. The van der Waals surface area contributed by atoms with Crippen molar-refractivity contribution in [1.29, 1.82) is 0 Å². The van der Waals surface area contributed by atoms with E-state index in [1.165, 1.54) is 0 Å². The lowest BCUT2D eigenvalue weighted by molar-refractivity contribution is -0.0299. The van der Waals surface area contributed by atoms with Crippen molar-refractivity contribution in [2.45, 2.75) is 32.3 Å². The highest BCUT2D eigenvalue weighted by atomic mass is 16.7. The van der Waals surface area contributed by atoms with Gasteiger partial charge in [-0.15, -0.1) is 0 Å². The van der Waals surface area contributed by atoms with Crippen molar-refractivity contribution in [3.05, 3.63) is 30.5 Å². The molecule has 2 rings (SSSR count). The van der Waals surface area contributed by atoms with Crippen LogP contribution >= 0.6 is 0 Å². The molecule has 0 bridgehead atoms. The van der Waals surface area contributed by atoms with Crippen LogP contribution in [0.3, 0.4) is 0 Å². The second-order valence-electron chi connectivity index (χ2n) is 3.39. The summed E-state index contributed by atoms with van der Waals surface area (Å²) in [5.74, 6) is 0. The van der Waals surface area contributed by atoms with Crippen LogP contribution in [0.5, 0.6) is 0 Å². The Hall–Kier alpha value is -1.49. The van der Waals surface area contributed by atoms with Crippen LogP contribution < -0.4 is 0 Å². The van der Waals surface area contributed by atoms with Crippen molar-refractivity contribution in [2.75, 3.05) is 0 Å². The van der Waals surface area contributed by atoms with Gasteiger partial charge in [-0.3, -0.25) is 4.68 Å². The summed E-state index contributed by atoms with van der Waals surface area (Å²) in [5, 5.41) is 13.0. The van der Waals surface area contributed by atoms with Gasteiger partial charge in [-0.1, -0.05) is 0 Å². The van der Waals surface area contributed by atoms with Crippen LogP contribution in [0.2, 0.25) is 0 Å². The van der Waals surface area contributed by atoms with Crippen LogP contribution in [0.25, 0.3) is 0 Å². The monoisotopic (exact) mass is 210 g/mol. The summed E-state index contributed by atoms with van der Waals surface area (Å²) in [7, 11) is 0. The summed E-state index contributed by atoms with van der Waals surface area (Å²) in [5.41, 5.74) is 0.838. The molecule has 0 spiro atoms. The van der Waals surface area contributed by atoms with Crippen LogP contribution in [0.4, 0.5) is 0 Å². The molecule has 0 aromatic carbocycles. The molecule has 0 fully saturated rings. The molecule has 5 heteroatoms. The fraction of sp³-hybridized carbons (Fsp3) is 0.500. The molecule has 0 atom stereocenters. The van der Waals surface area contributed by atoms with E-state index < -0.39 is 0 Å². The van der Waals surface area contributed by atoms with Gasteiger partial charge in [-0.05, 0) is 6.42 Å². The highest BCUT2D eigenvalue weighted by Crippen LogP contribution is 2.11. The van der Waals surface area contributed by atoms with Gasteiger partial charge in [0.05, 0.1) is 12.8 Å². The summed E-state index contributed by atoms with van der Waals surface area (Å²) in [6.45, 7) is 0.849. The minimum atomic E-state index is -0.141. The van der Waals surface area contributed by atoms with E-state index in [-0.39, 0.29) is 12.9 Å². The lowest BCUT2D eigenvalue weighted by atomic mass is 10.3. The zero-order chi connectivity index (χ0) is 10.5. The number of rotatable bonds is 5. The first-order chi connectivity index (χ1) is 7.38. The van der Waals surface area contributed by atoms with Crippen molar-refractivity contribution in [1.82, 2.24) is 9.78 Å². The molecule has 1 N–H and O–H groups in total. The van der Waals surface area contributed by atoms with E-state index in [9.17, 15) is 0 Å². The Balaban J connectivity index is 1.68. The molecule has 0 unspecified atom stereocenters. The van der Waals surface area contributed by atoms with Crippen molar-refractivity contribution in [2.24, 2.45) is 0 Å². The Kier molecular flexibility index (Phi) is 3.24. The summed E-state index contributed by atoms with van der Waals surface area (Å²) >= 11 is 0. The van der Waals surface area contributed by atoms with E-state index in [1.54, 1.807) is 18.7 Å². The molecule has 0 saturated heterocycles. The zero-order valence-electron chi connectivity index (χ0n) is 8.37. The molecular formula is C10H14N2O3. The standard InChI is InChI=1S/C10H14N2O3/c13-8-9-6-11-12(7-9)3-1-2-10-14-4-5-15-10/h4-7,10,13H,1-3,8H2. The zero-order valence-corrected chi connectivity index (χ0v) is 8.37. The molecule has 0 radical (unpaired) electrons. The van der Waals surface area contributed by atoms with Crippen molar-refractivity contribution in [3.8, 4) is 0 Å². The second kappa shape index (κ2) is 4.84. The number of aromatic nitrogens is 2. The van der Waals surface area contributed by atoms with Gasteiger partial charge in [0.1, 0.15) is 12.5 Å². The molecule has 2 heterocycles. The van der Waals surface area contributed by atoms with Crippen LogP contribution in [-0.4, -0.2) is 21.2 Å². The maximum atomic E-state index is 8.85. The molecule has 82 valence electrons. The molecule has 0 saturated carbocycles. The fourth-order valence-electron chi connectivity index (χ4n) is 1.44. The Morgan fingerprint density at radius 1 is 1.40 bits per heavy atom. The third kappa shape index (κ3) is 2.73. The van der Waals surface area contributed by atoms with Crippen LogP contribution in [0.15, 0.2) is 24.9 Å². The predicted molar refractivity (Wildman–Crippen MR) is 52.5 cm³/mol. The molecule has 0 amide bonds. The predicted octanol–water partition coefficient (Wildman–Crippen LogP) is 1.000. The van der Waals surface area contributed by atoms with Crippen molar-refractivity contribution >= 4 is 0 Å². The molecule has 5 nitrogen and oxygen atoms in total. The van der Waals surface area contributed by atoms with E-state index in [2.05, 4.69) is 5.10 Å². The number of ether oxygens (including phenoxy) is 2. The minimum Gasteiger partial charge on any atom is -0.459 e. The van der Waals surface area contributed by atoms with E-state index >= 15 is 0 Å². The number of hydrogen-bond acceptors (Lipinski definition) is 4. The van der Waals surface area contributed by atoms with Gasteiger partial charge in [-0.2, -0.15) is 5.10 Å². The lowest BCUT2D eigenvalue weighted by Gasteiger charge is -2.09. The smallest absolute Gasteiger partial charge is 0.239 e. The third-order valence-electron chi connectivity index (χ3n) is 2.21. The number of nitrogens with zero attached hydrogens (tertiary/aromatic N) is 2. The highest BCUT2D eigenvalue weighted by Gasteiger charge is 2.11. The second-order valence-corrected chi connectivity index (χ2v) is 3.39. The average molecular weight is 210 g/mol. The van der Waals surface area contributed by atoms with E-state index in [0.717, 1.165) is 24.9 Å². The van der Waals surface area contributed by atoms with Gasteiger partial charge in [0.25, 0.3) is 0 Å².